The summed E-state index contributed by atoms with van der Waals surface area (Å²) in [6.45, 7) is 10.0. The minimum Gasteiger partial charge on any atom is -0.342 e. The van der Waals surface area contributed by atoms with Crippen LogP contribution in [-0.2, 0) is 11.3 Å². The lowest BCUT2D eigenvalue weighted by molar-refractivity contribution is -0.113. The van der Waals surface area contributed by atoms with Crippen LogP contribution in [-0.4, -0.2) is 32.3 Å². The number of amides is 2. The van der Waals surface area contributed by atoms with Gasteiger partial charge in [-0.2, -0.15) is 0 Å². The summed E-state index contributed by atoms with van der Waals surface area (Å²) < 4.78 is 15.4. The van der Waals surface area contributed by atoms with E-state index in [2.05, 4.69) is 27.4 Å². The van der Waals surface area contributed by atoms with Gasteiger partial charge in [0.15, 0.2) is 11.0 Å². The van der Waals surface area contributed by atoms with Gasteiger partial charge in [-0.3, -0.25) is 9.59 Å². The molecule has 3 rings (SSSR count). The number of aromatic nitrogens is 3. The highest BCUT2D eigenvalue weighted by molar-refractivity contribution is 7.99. The fourth-order valence-electron chi connectivity index (χ4n) is 3.33. The Morgan fingerprint density at radius 3 is 2.59 bits per heavy atom. The van der Waals surface area contributed by atoms with E-state index in [1.807, 2.05) is 36.6 Å². The monoisotopic (exact) mass is 481 g/mol. The van der Waals surface area contributed by atoms with E-state index < -0.39 is 11.9 Å². The Balaban J connectivity index is 1.75. The molecular formula is C25H28FN5O2S. The van der Waals surface area contributed by atoms with Crippen LogP contribution in [0.1, 0.15) is 41.6 Å². The van der Waals surface area contributed by atoms with Crippen LogP contribution in [0.3, 0.4) is 0 Å². The summed E-state index contributed by atoms with van der Waals surface area (Å²) in [5.74, 6) is -0.215. The Kier molecular flexibility index (Phi) is 8.59. The third-order valence-corrected chi connectivity index (χ3v) is 6.10. The Hall–Kier alpha value is -3.46. The maximum atomic E-state index is 13.5. The molecule has 0 aliphatic carbocycles. The molecule has 1 atom stereocenters. The van der Waals surface area contributed by atoms with E-state index in [0.29, 0.717) is 28.8 Å². The first-order valence-electron chi connectivity index (χ1n) is 10.9. The van der Waals surface area contributed by atoms with Crippen LogP contribution in [0.25, 0.3) is 0 Å². The number of allylic oxidation sites excluding steroid dienone is 1. The number of thioether (sulfide) groups is 1. The number of carbonyl (C=O) groups is 2. The van der Waals surface area contributed by atoms with Crippen molar-refractivity contribution in [3.05, 3.63) is 84.0 Å². The van der Waals surface area contributed by atoms with Gasteiger partial charge in [0, 0.05) is 17.8 Å². The van der Waals surface area contributed by atoms with Gasteiger partial charge in [0.2, 0.25) is 5.91 Å². The zero-order valence-corrected chi connectivity index (χ0v) is 20.2. The summed E-state index contributed by atoms with van der Waals surface area (Å²) in [6.07, 6.45) is 1.71. The van der Waals surface area contributed by atoms with Crippen LogP contribution < -0.4 is 10.6 Å². The molecule has 0 aliphatic rings. The Labute approximate surface area is 202 Å². The average Bonchev–Trinajstić information content (AvgIpc) is 3.21. The van der Waals surface area contributed by atoms with Crippen molar-refractivity contribution < 1.29 is 14.0 Å². The topological polar surface area (TPSA) is 88.9 Å². The molecule has 0 bridgehead atoms. The summed E-state index contributed by atoms with van der Waals surface area (Å²) in [5.41, 5.74) is 1.76. The highest BCUT2D eigenvalue weighted by Crippen LogP contribution is 2.26. The van der Waals surface area contributed by atoms with E-state index in [1.54, 1.807) is 31.2 Å². The minimum absolute atomic E-state index is 0.0394. The predicted molar refractivity (Wildman–Crippen MR) is 132 cm³/mol. The van der Waals surface area contributed by atoms with Gasteiger partial charge in [-0.05, 0) is 42.7 Å². The van der Waals surface area contributed by atoms with Gasteiger partial charge in [0.25, 0.3) is 5.91 Å². The van der Waals surface area contributed by atoms with Gasteiger partial charge in [0.1, 0.15) is 5.82 Å². The van der Waals surface area contributed by atoms with E-state index >= 15 is 0 Å². The van der Waals surface area contributed by atoms with Gasteiger partial charge in [-0.25, -0.2) is 4.39 Å². The maximum Gasteiger partial charge on any atom is 0.251 e. The van der Waals surface area contributed by atoms with Crippen molar-refractivity contribution in [1.29, 1.82) is 0 Å². The molecule has 2 aromatic carbocycles. The van der Waals surface area contributed by atoms with Crippen molar-refractivity contribution in [3.63, 3.8) is 0 Å². The van der Waals surface area contributed by atoms with Gasteiger partial charge >= 0.3 is 0 Å². The molecule has 9 heteroatoms. The molecule has 3 aromatic rings. The van der Waals surface area contributed by atoms with E-state index in [-0.39, 0.29) is 23.5 Å². The minimum atomic E-state index is -0.416. The molecule has 0 saturated carbocycles. The van der Waals surface area contributed by atoms with Gasteiger partial charge in [-0.1, -0.05) is 56.0 Å². The lowest BCUT2D eigenvalue weighted by Gasteiger charge is -2.22. The van der Waals surface area contributed by atoms with Crippen molar-refractivity contribution in [2.75, 3.05) is 11.1 Å². The van der Waals surface area contributed by atoms with Crippen LogP contribution in [0.2, 0.25) is 0 Å². The number of hydrogen-bond donors (Lipinski definition) is 2. The Morgan fingerprint density at radius 2 is 1.91 bits per heavy atom. The molecule has 178 valence electrons. The number of aryl methyl sites for hydroxylation is 1. The van der Waals surface area contributed by atoms with Gasteiger partial charge < -0.3 is 15.2 Å². The second-order valence-corrected chi connectivity index (χ2v) is 9.04. The number of nitrogens with zero attached hydrogens (tertiary/aromatic N) is 3. The number of halogens is 1. The van der Waals surface area contributed by atoms with Crippen molar-refractivity contribution in [2.45, 2.75) is 38.5 Å². The standard InChI is InChI=1S/C25H28FN5O2S/c1-5-13-31-23(22(16(2)3)28-24(33)18-9-7-6-8-10-18)29-30-25(31)34-15-21(32)27-20-14-19(26)12-11-17(20)4/h5-12,14,16,22H,1,13,15H2,2-4H3,(H,27,32)(H,28,33)/t22-/m1/s1. The van der Waals surface area contributed by atoms with Crippen molar-refractivity contribution in [2.24, 2.45) is 5.92 Å². The first-order valence-corrected chi connectivity index (χ1v) is 11.9. The summed E-state index contributed by atoms with van der Waals surface area (Å²) in [4.78, 5) is 25.3. The van der Waals surface area contributed by atoms with Crippen molar-refractivity contribution in [1.82, 2.24) is 20.1 Å². The van der Waals surface area contributed by atoms with Crippen LogP contribution in [0.15, 0.2) is 66.3 Å². The second-order valence-electron chi connectivity index (χ2n) is 8.10. The summed E-state index contributed by atoms with van der Waals surface area (Å²) >= 11 is 1.21. The molecule has 0 unspecified atom stereocenters. The lowest BCUT2D eigenvalue weighted by atomic mass is 10.0. The lowest BCUT2D eigenvalue weighted by Crippen LogP contribution is -2.33. The number of anilines is 1. The first kappa shape index (κ1) is 25.2. The third-order valence-electron chi connectivity index (χ3n) is 5.13. The Bertz CT molecular complexity index is 1160. The SMILES string of the molecule is C=CCn1c(SCC(=O)Nc2cc(F)ccc2C)nnc1[C@H](NC(=O)c1ccccc1)C(C)C. The van der Waals surface area contributed by atoms with E-state index in [9.17, 15) is 14.0 Å². The largest absolute Gasteiger partial charge is 0.342 e. The van der Waals surface area contributed by atoms with Crippen LogP contribution >= 0.6 is 11.8 Å². The maximum absolute atomic E-state index is 13.5. The molecule has 1 heterocycles. The fraction of sp³-hybridized carbons (Fsp3) is 0.280. The number of nitrogens with one attached hydrogen (secondary N) is 2. The van der Waals surface area contributed by atoms with Crippen molar-refractivity contribution >= 4 is 29.3 Å². The molecular weight excluding hydrogens is 453 g/mol. The third kappa shape index (κ3) is 6.32. The van der Waals surface area contributed by atoms with Crippen LogP contribution in [0.4, 0.5) is 10.1 Å². The Morgan fingerprint density at radius 1 is 1.18 bits per heavy atom. The van der Waals surface area contributed by atoms with Gasteiger partial charge in [-0.15, -0.1) is 16.8 Å². The quantitative estimate of drug-likeness (QED) is 0.322. The fourth-order valence-corrected chi connectivity index (χ4v) is 4.08. The zero-order chi connectivity index (χ0) is 24.7. The van der Waals surface area contributed by atoms with Crippen LogP contribution in [0, 0.1) is 18.7 Å². The normalized spacial score (nSPS) is 11.8. The highest BCUT2D eigenvalue weighted by Gasteiger charge is 2.26. The molecule has 1 aromatic heterocycles. The molecule has 0 radical (unpaired) electrons. The molecule has 34 heavy (non-hydrogen) atoms. The molecule has 0 fully saturated rings. The first-order chi connectivity index (χ1) is 16.3. The molecule has 7 nitrogen and oxygen atoms in total. The highest BCUT2D eigenvalue weighted by atomic mass is 32.2. The number of carbonyl (C=O) groups excluding carboxylic acids is 2. The molecule has 2 N–H and O–H groups in total. The summed E-state index contributed by atoms with van der Waals surface area (Å²) in [6, 6.07) is 12.8. The number of hydrogen-bond acceptors (Lipinski definition) is 5. The average molecular weight is 482 g/mol. The molecule has 2 amide bonds. The van der Waals surface area contributed by atoms with Gasteiger partial charge in [0.05, 0.1) is 11.8 Å². The molecule has 0 spiro atoms. The van der Waals surface area contributed by atoms with E-state index in [1.165, 1.54) is 23.9 Å². The number of rotatable bonds is 10. The predicted octanol–water partition coefficient (Wildman–Crippen LogP) is 4.77. The van der Waals surface area contributed by atoms with E-state index in [4.69, 9.17) is 0 Å². The zero-order valence-electron chi connectivity index (χ0n) is 19.4. The van der Waals surface area contributed by atoms with Crippen LogP contribution in [0.5, 0.6) is 0 Å². The molecule has 0 aliphatic heterocycles. The summed E-state index contributed by atoms with van der Waals surface area (Å²) in [5, 5.41) is 14.9. The van der Waals surface area contributed by atoms with Crippen molar-refractivity contribution in [3.8, 4) is 0 Å². The van der Waals surface area contributed by atoms with E-state index in [0.717, 1.165) is 5.56 Å². The number of benzene rings is 2. The second kappa shape index (κ2) is 11.6. The smallest absolute Gasteiger partial charge is 0.251 e. The molecule has 0 saturated heterocycles. The summed E-state index contributed by atoms with van der Waals surface area (Å²) in [7, 11) is 0.